The van der Waals surface area contributed by atoms with E-state index in [9.17, 15) is 9.59 Å². The van der Waals surface area contributed by atoms with Gasteiger partial charge in [-0.05, 0) is 99.8 Å². The number of carbonyl (C=O) groups is 2. The average molecular weight is 405 g/mol. The highest BCUT2D eigenvalue weighted by atomic mass is 35.5. The third-order valence-electron chi connectivity index (χ3n) is 6.75. The summed E-state index contributed by atoms with van der Waals surface area (Å²) in [6, 6.07) is 6.84. The molecule has 0 radical (unpaired) electrons. The first-order chi connectivity index (χ1) is 13.2. The van der Waals surface area contributed by atoms with Crippen molar-refractivity contribution < 1.29 is 14.3 Å². The lowest BCUT2D eigenvalue weighted by Crippen LogP contribution is -2.54. The second kappa shape index (κ2) is 7.25. The SMILES string of the molecule is CC(C)(Oc1ccc(Cl)cc1)C(=O)NNC(=O)CC12CC3CC(CC(C3)C1)C2. The molecule has 4 aliphatic carbocycles. The predicted octanol–water partition coefficient (Wildman–Crippen LogP) is 4.25. The molecule has 4 saturated carbocycles. The van der Waals surface area contributed by atoms with Gasteiger partial charge in [-0.2, -0.15) is 0 Å². The van der Waals surface area contributed by atoms with E-state index in [-0.39, 0.29) is 17.2 Å². The van der Waals surface area contributed by atoms with Crippen LogP contribution >= 0.6 is 11.6 Å². The zero-order valence-corrected chi connectivity index (χ0v) is 17.3. The maximum atomic E-state index is 12.6. The van der Waals surface area contributed by atoms with Crippen molar-refractivity contribution in [3.05, 3.63) is 29.3 Å². The van der Waals surface area contributed by atoms with Crippen LogP contribution in [0.2, 0.25) is 5.02 Å². The van der Waals surface area contributed by atoms with Gasteiger partial charge in [0.15, 0.2) is 5.60 Å². The normalized spacial score (nSPS) is 30.8. The largest absolute Gasteiger partial charge is 0.478 e. The second-order valence-corrected chi connectivity index (χ2v) is 10.1. The van der Waals surface area contributed by atoms with Gasteiger partial charge >= 0.3 is 0 Å². The molecule has 2 N–H and O–H groups in total. The first kappa shape index (κ1) is 19.6. The Morgan fingerprint density at radius 1 is 1.04 bits per heavy atom. The van der Waals surface area contributed by atoms with Gasteiger partial charge in [0, 0.05) is 11.4 Å². The molecular formula is C22H29ClN2O3. The van der Waals surface area contributed by atoms with E-state index in [4.69, 9.17) is 16.3 Å². The molecule has 1 aromatic rings. The van der Waals surface area contributed by atoms with Gasteiger partial charge in [0.2, 0.25) is 5.91 Å². The van der Waals surface area contributed by atoms with Crippen LogP contribution in [0.3, 0.4) is 0 Å². The minimum atomic E-state index is -1.12. The summed E-state index contributed by atoms with van der Waals surface area (Å²) in [5.41, 5.74) is 4.19. The standard InChI is InChI=1S/C22H29ClN2O3/c1-21(2,28-18-5-3-17(23)4-6-18)20(27)25-24-19(26)13-22-10-14-7-15(11-22)9-16(8-14)12-22/h3-6,14-16H,7-13H2,1-2H3,(H,24,26)(H,25,27). The van der Waals surface area contributed by atoms with Crippen molar-refractivity contribution in [2.45, 2.75) is 64.4 Å². The highest BCUT2D eigenvalue weighted by Gasteiger charge is 2.51. The molecule has 5 rings (SSSR count). The Balaban J connectivity index is 1.29. The van der Waals surface area contributed by atoms with E-state index in [0.29, 0.717) is 17.2 Å². The molecule has 28 heavy (non-hydrogen) atoms. The van der Waals surface area contributed by atoms with Crippen molar-refractivity contribution in [2.24, 2.45) is 23.2 Å². The summed E-state index contributed by atoms with van der Waals surface area (Å²) >= 11 is 5.88. The first-order valence-electron chi connectivity index (χ1n) is 10.3. The Kier molecular flexibility index (Phi) is 5.07. The van der Waals surface area contributed by atoms with Crippen LogP contribution in [0.25, 0.3) is 0 Å². The molecule has 4 fully saturated rings. The Labute approximate surface area is 171 Å². The Bertz CT molecular complexity index is 724. The smallest absolute Gasteiger partial charge is 0.281 e. The summed E-state index contributed by atoms with van der Waals surface area (Å²) in [5.74, 6) is 2.48. The minimum Gasteiger partial charge on any atom is -0.478 e. The maximum absolute atomic E-state index is 12.6. The first-order valence-corrected chi connectivity index (χ1v) is 10.6. The number of amides is 2. The van der Waals surface area contributed by atoms with Gasteiger partial charge in [-0.15, -0.1) is 0 Å². The van der Waals surface area contributed by atoms with Crippen molar-refractivity contribution in [1.29, 1.82) is 0 Å². The minimum absolute atomic E-state index is 0.0995. The third-order valence-corrected chi connectivity index (χ3v) is 7.00. The second-order valence-electron chi connectivity index (χ2n) is 9.66. The van der Waals surface area contributed by atoms with Crippen LogP contribution in [0.15, 0.2) is 24.3 Å². The lowest BCUT2D eigenvalue weighted by molar-refractivity contribution is -0.140. The molecule has 0 aliphatic heterocycles. The van der Waals surface area contributed by atoms with Crippen molar-refractivity contribution in [2.75, 3.05) is 0 Å². The maximum Gasteiger partial charge on any atom is 0.281 e. The highest BCUT2D eigenvalue weighted by molar-refractivity contribution is 6.30. The fraction of sp³-hybridized carbons (Fsp3) is 0.636. The fourth-order valence-corrected chi connectivity index (χ4v) is 6.14. The van der Waals surface area contributed by atoms with Gasteiger partial charge in [0.05, 0.1) is 0 Å². The van der Waals surface area contributed by atoms with Gasteiger partial charge < -0.3 is 4.74 Å². The number of nitrogens with one attached hydrogen (secondary N) is 2. The number of carbonyl (C=O) groups excluding carboxylic acids is 2. The summed E-state index contributed by atoms with van der Waals surface area (Å²) in [4.78, 5) is 25.1. The Morgan fingerprint density at radius 3 is 2.11 bits per heavy atom. The van der Waals surface area contributed by atoms with Crippen LogP contribution in [0.4, 0.5) is 0 Å². The molecule has 152 valence electrons. The van der Waals surface area contributed by atoms with Crippen LogP contribution in [0.5, 0.6) is 5.75 Å². The van der Waals surface area contributed by atoms with E-state index in [1.54, 1.807) is 38.1 Å². The van der Waals surface area contributed by atoms with Gasteiger partial charge in [-0.1, -0.05) is 11.6 Å². The molecule has 0 saturated heterocycles. The van der Waals surface area contributed by atoms with E-state index >= 15 is 0 Å². The number of ether oxygens (including phenoxy) is 1. The molecule has 0 aromatic heterocycles. The van der Waals surface area contributed by atoms with Crippen LogP contribution in [0.1, 0.15) is 58.8 Å². The molecule has 6 heteroatoms. The number of halogens is 1. The van der Waals surface area contributed by atoms with Crippen LogP contribution in [-0.4, -0.2) is 17.4 Å². The average Bonchev–Trinajstić information content (AvgIpc) is 2.60. The number of hydrogen-bond donors (Lipinski definition) is 2. The van der Waals surface area contributed by atoms with E-state index < -0.39 is 5.60 Å². The molecule has 0 atom stereocenters. The molecule has 4 bridgehead atoms. The Hall–Kier alpha value is -1.75. The molecule has 5 nitrogen and oxygen atoms in total. The molecular weight excluding hydrogens is 376 g/mol. The topological polar surface area (TPSA) is 67.4 Å². The summed E-state index contributed by atoms with van der Waals surface area (Å²) in [6.45, 7) is 3.34. The third kappa shape index (κ3) is 4.14. The molecule has 0 heterocycles. The number of benzene rings is 1. The van der Waals surface area contributed by atoms with E-state index in [1.165, 1.54) is 38.5 Å². The summed E-state index contributed by atoms with van der Waals surface area (Å²) in [7, 11) is 0. The Morgan fingerprint density at radius 2 is 1.57 bits per heavy atom. The summed E-state index contributed by atoms with van der Waals surface area (Å²) < 4.78 is 5.76. The van der Waals surface area contributed by atoms with Gasteiger partial charge in [0.25, 0.3) is 5.91 Å². The predicted molar refractivity (Wildman–Crippen MR) is 108 cm³/mol. The number of rotatable bonds is 5. The molecule has 0 unspecified atom stereocenters. The van der Waals surface area contributed by atoms with Crippen molar-refractivity contribution in [3.8, 4) is 5.75 Å². The number of hydrazine groups is 1. The van der Waals surface area contributed by atoms with Crippen molar-refractivity contribution in [1.82, 2.24) is 10.9 Å². The van der Waals surface area contributed by atoms with Gasteiger partial charge in [-0.25, -0.2) is 0 Å². The molecule has 0 spiro atoms. The molecule has 4 aliphatic rings. The number of hydrogen-bond acceptors (Lipinski definition) is 3. The zero-order chi connectivity index (χ0) is 19.9. The lowest BCUT2D eigenvalue weighted by Gasteiger charge is -2.56. The van der Waals surface area contributed by atoms with Gasteiger partial charge in [-0.3, -0.25) is 20.4 Å². The van der Waals surface area contributed by atoms with E-state index in [1.807, 2.05) is 0 Å². The summed E-state index contributed by atoms with van der Waals surface area (Å²) in [6.07, 6.45) is 8.09. The highest BCUT2D eigenvalue weighted by Crippen LogP contribution is 2.61. The van der Waals surface area contributed by atoms with Crippen molar-refractivity contribution in [3.63, 3.8) is 0 Å². The lowest BCUT2D eigenvalue weighted by atomic mass is 9.49. The van der Waals surface area contributed by atoms with E-state index in [0.717, 1.165) is 17.8 Å². The van der Waals surface area contributed by atoms with Crippen LogP contribution in [-0.2, 0) is 9.59 Å². The zero-order valence-electron chi connectivity index (χ0n) is 16.6. The molecule has 1 aromatic carbocycles. The quantitative estimate of drug-likeness (QED) is 0.721. The van der Waals surface area contributed by atoms with Crippen LogP contribution in [0, 0.1) is 23.2 Å². The monoisotopic (exact) mass is 404 g/mol. The molecule has 2 amide bonds. The van der Waals surface area contributed by atoms with Crippen molar-refractivity contribution >= 4 is 23.4 Å². The van der Waals surface area contributed by atoms with Gasteiger partial charge in [0.1, 0.15) is 5.75 Å². The summed E-state index contributed by atoms with van der Waals surface area (Å²) in [5, 5.41) is 0.603. The van der Waals surface area contributed by atoms with E-state index in [2.05, 4.69) is 10.9 Å². The fourth-order valence-electron chi connectivity index (χ4n) is 6.01. The van der Waals surface area contributed by atoms with Crippen LogP contribution < -0.4 is 15.6 Å².